The van der Waals surface area contributed by atoms with Crippen molar-refractivity contribution < 1.29 is 28.7 Å². The van der Waals surface area contributed by atoms with E-state index in [-0.39, 0.29) is 54.0 Å². The van der Waals surface area contributed by atoms with E-state index in [1.54, 1.807) is 32.4 Å². The molecule has 336 valence electrons. The van der Waals surface area contributed by atoms with Gasteiger partial charge in [0.2, 0.25) is 23.6 Å². The molecule has 1 aromatic heterocycles. The van der Waals surface area contributed by atoms with Crippen molar-refractivity contribution in [2.24, 2.45) is 17.8 Å². The third-order valence-electron chi connectivity index (χ3n) is 12.4. The molecule has 3 aromatic rings. The Hall–Kier alpha value is -4.37. The van der Waals surface area contributed by atoms with E-state index in [9.17, 15) is 19.2 Å². The number of carbonyl (C=O) groups excluding carboxylic acids is 4. The maximum atomic E-state index is 14.4. The smallest absolute Gasteiger partial charge is 0.245 e. The first-order chi connectivity index (χ1) is 29.1. The highest BCUT2D eigenvalue weighted by atomic mass is 32.1. The minimum atomic E-state index is -0.778. The van der Waals surface area contributed by atoms with E-state index in [0.29, 0.717) is 38.0 Å². The van der Waals surface area contributed by atoms with Crippen LogP contribution in [-0.4, -0.2) is 115 Å². The molecule has 4 N–H and O–H groups in total. The van der Waals surface area contributed by atoms with Crippen LogP contribution < -0.4 is 16.4 Å². The summed E-state index contributed by atoms with van der Waals surface area (Å²) in [6, 6.07) is 15.3. The highest BCUT2D eigenvalue weighted by Crippen LogP contribution is 2.30. The molecule has 1 saturated heterocycles. The number of hydrogen-bond acceptors (Lipinski definition) is 10. The summed E-state index contributed by atoms with van der Waals surface area (Å²) in [5, 5.41) is 9.04. The number of rotatable bonds is 23. The van der Waals surface area contributed by atoms with Gasteiger partial charge in [-0.1, -0.05) is 90.4 Å². The number of aromatic nitrogens is 1. The molecule has 9 atom stereocenters. The predicted molar refractivity (Wildman–Crippen MR) is 242 cm³/mol. The first-order valence-electron chi connectivity index (χ1n) is 21.9. The van der Waals surface area contributed by atoms with Gasteiger partial charge in [-0.2, -0.15) is 0 Å². The fraction of sp³-hybridized carbons (Fsp3) is 0.596. The number of thiazole rings is 1. The Morgan fingerprint density at radius 1 is 0.934 bits per heavy atom. The number of methoxy groups -OCH3 is 2. The number of carbonyl (C=O) groups is 4. The lowest BCUT2D eigenvalue weighted by molar-refractivity contribution is -0.147. The molecule has 0 unspecified atom stereocenters. The zero-order valence-electron chi connectivity index (χ0n) is 38.0. The Kier molecular flexibility index (Phi) is 19.2. The maximum absolute atomic E-state index is 14.4. The Bertz CT molecular complexity index is 1830. The summed E-state index contributed by atoms with van der Waals surface area (Å²) in [5.74, 6) is -1.37. The summed E-state index contributed by atoms with van der Waals surface area (Å²) < 4.78 is 12.1. The van der Waals surface area contributed by atoms with Crippen molar-refractivity contribution in [2.75, 3.05) is 40.6 Å². The second-order valence-corrected chi connectivity index (χ2v) is 18.0. The van der Waals surface area contributed by atoms with E-state index < -0.39 is 36.3 Å². The van der Waals surface area contributed by atoms with Gasteiger partial charge in [0.25, 0.3) is 0 Å². The van der Waals surface area contributed by atoms with Crippen molar-refractivity contribution in [3.05, 3.63) is 82.3 Å². The van der Waals surface area contributed by atoms with E-state index in [1.165, 1.54) is 11.3 Å². The molecule has 0 bridgehead atoms. The first-order valence-corrected chi connectivity index (χ1v) is 22.7. The number of ether oxygens (including phenoxy) is 2. The summed E-state index contributed by atoms with van der Waals surface area (Å²) in [6.07, 6.45) is 3.78. The fourth-order valence-corrected chi connectivity index (χ4v) is 9.69. The van der Waals surface area contributed by atoms with Gasteiger partial charge in [-0.25, -0.2) is 4.98 Å². The van der Waals surface area contributed by atoms with Crippen LogP contribution in [0.3, 0.4) is 0 Å². The van der Waals surface area contributed by atoms with Gasteiger partial charge in [-0.15, -0.1) is 11.3 Å². The number of nitrogens with zero attached hydrogens (tertiary/aromatic N) is 4. The minimum absolute atomic E-state index is 0.0285. The number of nitrogen functional groups attached to an aromatic ring is 1. The Morgan fingerprint density at radius 2 is 1.64 bits per heavy atom. The molecule has 2 aromatic carbocycles. The van der Waals surface area contributed by atoms with Crippen LogP contribution in [0, 0.1) is 17.8 Å². The second kappa shape index (κ2) is 23.7. The molecule has 0 aliphatic carbocycles. The van der Waals surface area contributed by atoms with E-state index in [4.69, 9.17) is 15.2 Å². The predicted octanol–water partition coefficient (Wildman–Crippen LogP) is 6.10. The molecule has 1 aliphatic rings. The number of nitrogens with one attached hydrogen (secondary N) is 2. The quantitative estimate of drug-likeness (QED) is 0.0959. The third-order valence-corrected chi connectivity index (χ3v) is 13.3. The maximum Gasteiger partial charge on any atom is 0.245 e. The lowest BCUT2D eigenvalue weighted by Gasteiger charge is -2.40. The van der Waals surface area contributed by atoms with Crippen molar-refractivity contribution in [3.63, 3.8) is 0 Å². The van der Waals surface area contributed by atoms with Crippen molar-refractivity contribution in [2.45, 2.75) is 129 Å². The lowest BCUT2D eigenvalue weighted by atomic mass is 9.90. The molecular formula is C47H71N7O6S. The summed E-state index contributed by atoms with van der Waals surface area (Å²) in [5.41, 5.74) is 8.76. The number of benzene rings is 2. The van der Waals surface area contributed by atoms with Crippen LogP contribution in [0.15, 0.2) is 66.2 Å². The summed E-state index contributed by atoms with van der Waals surface area (Å²) >= 11 is 1.50. The van der Waals surface area contributed by atoms with Crippen LogP contribution in [0.4, 0.5) is 5.69 Å². The highest BCUT2D eigenvalue weighted by molar-refractivity contribution is 7.09. The van der Waals surface area contributed by atoms with E-state index in [1.807, 2.05) is 105 Å². The Balaban J connectivity index is 1.46. The van der Waals surface area contributed by atoms with E-state index in [0.717, 1.165) is 29.0 Å². The number of likely N-dealkylation sites (tertiary alicyclic amines) is 1. The highest BCUT2D eigenvalue weighted by Gasteiger charge is 2.43. The van der Waals surface area contributed by atoms with Gasteiger partial charge in [-0.05, 0) is 67.8 Å². The molecule has 0 radical (unpaired) electrons. The van der Waals surface area contributed by atoms with E-state index >= 15 is 0 Å². The first kappa shape index (κ1) is 49.3. The number of anilines is 1. The Morgan fingerprint density at radius 3 is 2.23 bits per heavy atom. The lowest BCUT2D eigenvalue weighted by Crippen LogP contribution is -2.58. The SMILES string of the molecule is CC[C@H](NC(=O)[C@H](C(C)C)N(C)Cc1cccc(N)c1)C(=O)N(C)[C@@H]([C@@H](C)CC)[C@@H](CC(=O)N1CCC[C@H]1[C@H](OC)[C@@H](C)C(=O)N[C@@H](Cc1ccccc1)c1nccs1)OC. The monoisotopic (exact) mass is 862 g/mol. The van der Waals surface area contributed by atoms with Crippen LogP contribution in [0.1, 0.15) is 95.8 Å². The van der Waals surface area contributed by atoms with Gasteiger partial charge in [-0.3, -0.25) is 24.1 Å². The van der Waals surface area contributed by atoms with Gasteiger partial charge >= 0.3 is 0 Å². The molecule has 2 heterocycles. The topological polar surface area (TPSA) is 159 Å². The number of hydrogen-bond donors (Lipinski definition) is 3. The molecular weight excluding hydrogens is 791 g/mol. The molecule has 1 aliphatic heterocycles. The van der Waals surface area contributed by atoms with Gasteiger partial charge in [0.15, 0.2) is 0 Å². The van der Waals surface area contributed by atoms with Crippen molar-refractivity contribution in [1.82, 2.24) is 30.3 Å². The average Bonchev–Trinajstić information content (AvgIpc) is 3.96. The number of nitrogens with two attached hydrogens (primary N) is 1. The van der Waals surface area contributed by atoms with Crippen molar-refractivity contribution >= 4 is 40.7 Å². The van der Waals surface area contributed by atoms with E-state index in [2.05, 4.69) is 29.5 Å². The molecule has 13 nitrogen and oxygen atoms in total. The molecule has 4 rings (SSSR count). The molecule has 61 heavy (non-hydrogen) atoms. The van der Waals surface area contributed by atoms with Gasteiger partial charge in [0.1, 0.15) is 11.0 Å². The summed E-state index contributed by atoms with van der Waals surface area (Å²) in [4.78, 5) is 66.7. The third kappa shape index (κ3) is 13.1. The Labute approximate surface area is 368 Å². The van der Waals surface area contributed by atoms with Crippen LogP contribution >= 0.6 is 11.3 Å². The van der Waals surface area contributed by atoms with Gasteiger partial charge in [0, 0.05) is 51.6 Å². The molecule has 0 saturated carbocycles. The zero-order chi connectivity index (χ0) is 44.8. The summed E-state index contributed by atoms with van der Waals surface area (Å²) in [7, 11) is 6.82. The summed E-state index contributed by atoms with van der Waals surface area (Å²) in [6.45, 7) is 12.9. The molecule has 0 spiro atoms. The molecule has 14 heteroatoms. The molecule has 4 amide bonds. The van der Waals surface area contributed by atoms with Gasteiger partial charge in [0.05, 0.1) is 48.7 Å². The minimum Gasteiger partial charge on any atom is -0.399 e. The van der Waals surface area contributed by atoms with Crippen LogP contribution in [0.5, 0.6) is 0 Å². The fourth-order valence-electron chi connectivity index (χ4n) is 9.00. The van der Waals surface area contributed by atoms with Crippen molar-refractivity contribution in [1.29, 1.82) is 0 Å². The second-order valence-electron chi connectivity index (χ2n) is 17.0. The van der Waals surface area contributed by atoms with Gasteiger partial charge < -0.3 is 35.6 Å². The number of likely N-dealkylation sites (N-methyl/N-ethyl adjacent to an activating group) is 2. The molecule has 1 fully saturated rings. The van der Waals surface area contributed by atoms with Crippen LogP contribution in [-0.2, 0) is 41.6 Å². The zero-order valence-corrected chi connectivity index (χ0v) is 38.8. The largest absolute Gasteiger partial charge is 0.399 e. The van der Waals surface area contributed by atoms with Crippen molar-refractivity contribution in [3.8, 4) is 0 Å². The van der Waals surface area contributed by atoms with Crippen LogP contribution in [0.2, 0.25) is 0 Å². The average molecular weight is 862 g/mol. The van der Waals surface area contributed by atoms with Crippen LogP contribution in [0.25, 0.3) is 0 Å². The normalized spacial score (nSPS) is 18.2. The number of amides is 4. The standard InChI is InChI=1S/C47H71N7O6S/c1-11-31(5)42(53(8)47(58)36(12-2)50-45(57)41(30(3)4)52(7)29-34-20-16-21-35(48)26-34)39(59-9)28-40(55)54-24-17-22-38(54)43(60-10)32(6)44(56)51-37(46-49-23-25-61-46)27-33-18-14-13-15-19-33/h13-16,18-21,23,25-26,30-32,36-39,41-43H,11-12,17,22,24,27-29,48H2,1-10H3,(H,50,57)(H,51,56)/t31-,32+,36-,37-,38-,39+,41-,42-,43+/m0/s1.